The van der Waals surface area contributed by atoms with Gasteiger partial charge in [0.2, 0.25) is 11.1 Å². The molecule has 2 heterocycles. The zero-order valence-corrected chi connectivity index (χ0v) is 19.2. The highest BCUT2D eigenvalue weighted by molar-refractivity contribution is 7.98. The highest BCUT2D eigenvalue weighted by Gasteiger charge is 2.37. The second kappa shape index (κ2) is 8.47. The minimum Gasteiger partial charge on any atom is -0.328 e. The molecule has 0 saturated heterocycles. The molecule has 0 saturated carbocycles. The van der Waals surface area contributed by atoms with Crippen LogP contribution in [0, 0.1) is 24.0 Å². The second-order valence-corrected chi connectivity index (χ2v) is 9.37. The van der Waals surface area contributed by atoms with Crippen LogP contribution in [0.3, 0.4) is 0 Å². The smallest absolute Gasteiger partial charge is 0.269 e. The number of aromatic nitrogens is 3. The average Bonchev–Trinajstić information content (AvgIpc) is 3.20. The molecule has 9 heteroatoms. The Morgan fingerprint density at radius 3 is 2.70 bits per heavy atom. The zero-order chi connectivity index (χ0) is 23.1. The number of thioether (sulfide) groups is 1. The summed E-state index contributed by atoms with van der Waals surface area (Å²) in [6.45, 7) is 4.18. The van der Waals surface area contributed by atoms with Crippen LogP contribution in [0.25, 0.3) is 0 Å². The molecule has 0 bridgehead atoms. The minimum atomic E-state index is -0.451. The number of allylic oxidation sites excluding steroid dienone is 2. The molecule has 2 aliphatic rings. The van der Waals surface area contributed by atoms with Gasteiger partial charge in [-0.2, -0.15) is 4.98 Å². The van der Waals surface area contributed by atoms with E-state index >= 15 is 0 Å². The summed E-state index contributed by atoms with van der Waals surface area (Å²) in [5.41, 5.74) is 6.04. The number of hydrogen-bond donors (Lipinski definition) is 1. The zero-order valence-electron chi connectivity index (χ0n) is 18.4. The van der Waals surface area contributed by atoms with Crippen LogP contribution in [-0.4, -0.2) is 25.5 Å². The van der Waals surface area contributed by atoms with Gasteiger partial charge in [0.1, 0.15) is 6.04 Å². The molecule has 3 aromatic rings. The third-order valence-corrected chi connectivity index (χ3v) is 7.01. The number of fused-ring (bicyclic) bond motifs is 1. The molecule has 1 atom stereocenters. The standard InChI is InChI=1S/C24H23N5O3S/c1-14-6-7-17(15(2)12-14)13-33-24-26-23-25-19-4-3-5-20(30)21(19)22(28(23)27-24)16-8-10-18(11-9-16)29(31)32/h6-12,22H,3-5,13H2,1-2H3,(H,25,26,27)/t22-/m0/s1. The molecule has 8 nitrogen and oxygen atoms in total. The molecule has 1 N–H and O–H groups in total. The molecule has 1 aliphatic carbocycles. The van der Waals surface area contributed by atoms with Crippen molar-refractivity contribution in [2.75, 3.05) is 5.32 Å². The predicted octanol–water partition coefficient (Wildman–Crippen LogP) is 5.12. The van der Waals surface area contributed by atoms with Crippen molar-refractivity contribution in [3.63, 3.8) is 0 Å². The molecule has 0 unspecified atom stereocenters. The summed E-state index contributed by atoms with van der Waals surface area (Å²) in [4.78, 5) is 28.3. The first-order valence-corrected chi connectivity index (χ1v) is 11.8. The van der Waals surface area contributed by atoms with E-state index in [9.17, 15) is 14.9 Å². The van der Waals surface area contributed by atoms with E-state index in [1.165, 1.54) is 28.8 Å². The van der Waals surface area contributed by atoms with Crippen LogP contribution < -0.4 is 5.32 Å². The van der Waals surface area contributed by atoms with Crippen LogP contribution in [0.5, 0.6) is 0 Å². The third kappa shape index (κ3) is 4.04. The lowest BCUT2D eigenvalue weighted by molar-refractivity contribution is -0.384. The van der Waals surface area contributed by atoms with Crippen molar-refractivity contribution in [1.29, 1.82) is 0 Å². The molecular weight excluding hydrogens is 438 g/mol. The van der Waals surface area contributed by atoms with Crippen LogP contribution in [0.2, 0.25) is 0 Å². The number of carbonyl (C=O) groups excluding carboxylic acids is 1. The number of nitro groups is 1. The van der Waals surface area contributed by atoms with E-state index < -0.39 is 11.0 Å². The lowest BCUT2D eigenvalue weighted by Gasteiger charge is -2.32. The van der Waals surface area contributed by atoms with Crippen LogP contribution in [0.15, 0.2) is 58.9 Å². The van der Waals surface area contributed by atoms with Crippen molar-refractivity contribution in [1.82, 2.24) is 14.8 Å². The summed E-state index contributed by atoms with van der Waals surface area (Å²) in [6, 6.07) is 12.3. The first kappa shape index (κ1) is 21.4. The molecule has 0 amide bonds. The Morgan fingerprint density at radius 1 is 1.18 bits per heavy atom. The largest absolute Gasteiger partial charge is 0.328 e. The van der Waals surface area contributed by atoms with Gasteiger partial charge < -0.3 is 5.32 Å². The normalized spacial score (nSPS) is 17.4. The fourth-order valence-corrected chi connectivity index (χ4v) is 5.34. The molecule has 2 aromatic carbocycles. The highest BCUT2D eigenvalue weighted by Crippen LogP contribution is 2.41. The minimum absolute atomic E-state index is 0.0142. The number of hydrogen-bond acceptors (Lipinski definition) is 7. The third-order valence-electron chi connectivity index (χ3n) is 6.12. The molecular formula is C24H23N5O3S. The first-order valence-electron chi connectivity index (χ1n) is 10.8. The fraction of sp³-hybridized carbons (Fsp3) is 0.292. The van der Waals surface area contributed by atoms with Crippen molar-refractivity contribution < 1.29 is 9.72 Å². The van der Waals surface area contributed by atoms with E-state index in [1.54, 1.807) is 28.6 Å². The molecule has 0 radical (unpaired) electrons. The Bertz CT molecular complexity index is 1300. The van der Waals surface area contributed by atoms with Gasteiger partial charge in [-0.15, -0.1) is 5.10 Å². The number of anilines is 1. The molecule has 168 valence electrons. The predicted molar refractivity (Wildman–Crippen MR) is 126 cm³/mol. The maximum Gasteiger partial charge on any atom is 0.269 e. The number of rotatable bonds is 5. The monoisotopic (exact) mass is 461 g/mol. The molecule has 0 fully saturated rings. The Hall–Kier alpha value is -3.46. The van der Waals surface area contributed by atoms with Gasteiger partial charge in [0, 0.05) is 35.6 Å². The van der Waals surface area contributed by atoms with Gasteiger partial charge >= 0.3 is 0 Å². The first-order chi connectivity index (χ1) is 15.9. The SMILES string of the molecule is Cc1ccc(CSc2nc3n(n2)[C@@H](c2ccc([N+](=O)[O-])cc2)C2=C(CCCC2=O)N3)c(C)c1. The Labute approximate surface area is 195 Å². The number of Topliss-reactive ketones (excluding diaryl/α,β-unsaturated/α-hetero) is 1. The number of nitrogens with zero attached hydrogens (tertiary/aromatic N) is 4. The summed E-state index contributed by atoms with van der Waals surface area (Å²) >= 11 is 1.55. The quantitative estimate of drug-likeness (QED) is 0.320. The molecule has 33 heavy (non-hydrogen) atoms. The lowest BCUT2D eigenvalue weighted by atomic mass is 9.85. The van der Waals surface area contributed by atoms with E-state index in [2.05, 4.69) is 37.4 Å². The summed E-state index contributed by atoms with van der Waals surface area (Å²) in [7, 11) is 0. The van der Waals surface area contributed by atoms with Gasteiger partial charge in [0.15, 0.2) is 5.78 Å². The van der Waals surface area contributed by atoms with Crippen molar-refractivity contribution in [3.05, 3.63) is 86.1 Å². The van der Waals surface area contributed by atoms with Gasteiger partial charge in [-0.1, -0.05) is 35.5 Å². The lowest BCUT2D eigenvalue weighted by Crippen LogP contribution is -2.31. The maximum absolute atomic E-state index is 12.9. The van der Waals surface area contributed by atoms with Gasteiger partial charge in [-0.05, 0) is 55.5 Å². The van der Waals surface area contributed by atoms with Crippen LogP contribution in [-0.2, 0) is 10.5 Å². The van der Waals surface area contributed by atoms with Gasteiger partial charge in [-0.3, -0.25) is 14.9 Å². The Kier molecular flexibility index (Phi) is 5.49. The van der Waals surface area contributed by atoms with Crippen molar-refractivity contribution in [3.8, 4) is 0 Å². The van der Waals surface area contributed by atoms with Crippen molar-refractivity contribution >= 4 is 29.2 Å². The Morgan fingerprint density at radius 2 is 1.97 bits per heavy atom. The van der Waals surface area contributed by atoms with Crippen LogP contribution >= 0.6 is 11.8 Å². The van der Waals surface area contributed by atoms with Gasteiger partial charge in [-0.25, -0.2) is 4.68 Å². The number of carbonyl (C=O) groups is 1. The van der Waals surface area contributed by atoms with Gasteiger partial charge in [0.05, 0.1) is 4.92 Å². The number of nitrogens with one attached hydrogen (secondary N) is 1. The van der Waals surface area contributed by atoms with Crippen LogP contribution in [0.1, 0.15) is 47.6 Å². The van der Waals surface area contributed by atoms with Crippen LogP contribution in [0.4, 0.5) is 11.6 Å². The number of nitro benzene ring substituents is 1. The van der Waals surface area contributed by atoms with E-state index in [-0.39, 0.29) is 11.5 Å². The molecule has 1 aliphatic heterocycles. The van der Waals surface area contributed by atoms with E-state index in [1.807, 2.05) is 0 Å². The topological polar surface area (TPSA) is 103 Å². The average molecular weight is 462 g/mol. The summed E-state index contributed by atoms with van der Waals surface area (Å²) in [5, 5.41) is 19.8. The van der Waals surface area contributed by atoms with Crippen molar-refractivity contribution in [2.24, 2.45) is 0 Å². The van der Waals surface area contributed by atoms with E-state index in [0.717, 1.165) is 29.9 Å². The number of non-ortho nitro benzene ring substituents is 1. The molecule has 1 aromatic heterocycles. The number of benzene rings is 2. The van der Waals surface area contributed by atoms with E-state index in [4.69, 9.17) is 10.1 Å². The fourth-order valence-electron chi connectivity index (χ4n) is 4.43. The molecule has 5 rings (SSSR count). The number of aryl methyl sites for hydroxylation is 2. The summed E-state index contributed by atoms with van der Waals surface area (Å²) in [6.07, 6.45) is 2.05. The molecule has 0 spiro atoms. The van der Waals surface area contributed by atoms with Gasteiger partial charge in [0.25, 0.3) is 5.69 Å². The Balaban J connectivity index is 1.50. The summed E-state index contributed by atoms with van der Waals surface area (Å²) in [5.74, 6) is 1.41. The van der Waals surface area contributed by atoms with E-state index in [0.29, 0.717) is 23.1 Å². The van der Waals surface area contributed by atoms with Crippen molar-refractivity contribution in [2.45, 2.75) is 50.1 Å². The summed E-state index contributed by atoms with van der Waals surface area (Å²) < 4.78 is 1.74. The second-order valence-electron chi connectivity index (χ2n) is 8.43. The highest BCUT2D eigenvalue weighted by atomic mass is 32.2. The maximum atomic E-state index is 12.9. The number of ketones is 1.